The second-order valence-electron chi connectivity index (χ2n) is 10.6. The molecular formula is C35H48O6. The summed E-state index contributed by atoms with van der Waals surface area (Å²) in [4.78, 5) is 37.9. The van der Waals surface area contributed by atoms with Crippen molar-refractivity contribution in [2.24, 2.45) is 0 Å². The van der Waals surface area contributed by atoms with Gasteiger partial charge in [0.15, 0.2) is 11.5 Å². The Labute approximate surface area is 246 Å². The van der Waals surface area contributed by atoms with Crippen LogP contribution in [0.3, 0.4) is 0 Å². The highest BCUT2D eigenvalue weighted by atomic mass is 16.5. The number of ether oxygens (including phenoxy) is 3. The van der Waals surface area contributed by atoms with E-state index in [1.54, 1.807) is 14.0 Å². The molecule has 2 aromatic rings. The number of hydrogen-bond acceptors (Lipinski definition) is 6. The molecule has 0 spiro atoms. The van der Waals surface area contributed by atoms with Crippen LogP contribution in [-0.2, 0) is 23.9 Å². The summed E-state index contributed by atoms with van der Waals surface area (Å²) in [5.74, 6) is 0.367. The SMILES string of the molecule is C.CCC1=C(OC)C(=O)C(C)=C(CCCCCCCCCCOC(=O)C(C)c2ccc3cc(OC)ccc3c2)C1=O. The summed E-state index contributed by atoms with van der Waals surface area (Å²) in [5, 5.41) is 2.15. The molecule has 6 nitrogen and oxygen atoms in total. The zero-order valence-corrected chi connectivity index (χ0v) is 24.8. The third-order valence-electron chi connectivity index (χ3n) is 7.87. The fourth-order valence-corrected chi connectivity index (χ4v) is 5.27. The van der Waals surface area contributed by atoms with Gasteiger partial charge in [0.2, 0.25) is 5.78 Å². The minimum atomic E-state index is -0.306. The minimum Gasteiger partial charge on any atom is -0.497 e. The molecule has 224 valence electrons. The Morgan fingerprint density at radius 2 is 1.39 bits per heavy atom. The van der Waals surface area contributed by atoms with Crippen molar-refractivity contribution in [2.75, 3.05) is 20.8 Å². The lowest BCUT2D eigenvalue weighted by Crippen LogP contribution is -2.23. The Hall–Kier alpha value is -3.41. The lowest BCUT2D eigenvalue weighted by molar-refractivity contribution is -0.145. The third-order valence-corrected chi connectivity index (χ3v) is 7.87. The lowest BCUT2D eigenvalue weighted by atomic mass is 9.85. The molecule has 1 aliphatic rings. The van der Waals surface area contributed by atoms with E-state index in [2.05, 4.69) is 0 Å². The number of benzene rings is 2. The molecule has 0 amide bonds. The third kappa shape index (κ3) is 8.79. The predicted molar refractivity (Wildman–Crippen MR) is 165 cm³/mol. The van der Waals surface area contributed by atoms with E-state index in [9.17, 15) is 14.4 Å². The fourth-order valence-electron chi connectivity index (χ4n) is 5.27. The Balaban J connectivity index is 0.00000588. The molecule has 0 heterocycles. The summed E-state index contributed by atoms with van der Waals surface area (Å²) < 4.78 is 16.0. The molecule has 0 fully saturated rings. The molecule has 0 saturated carbocycles. The molecule has 0 radical (unpaired) electrons. The van der Waals surface area contributed by atoms with E-state index in [1.165, 1.54) is 7.11 Å². The molecule has 0 bridgehead atoms. The first-order valence-electron chi connectivity index (χ1n) is 14.6. The number of unbranched alkanes of at least 4 members (excludes halogenated alkanes) is 7. The van der Waals surface area contributed by atoms with E-state index >= 15 is 0 Å². The molecule has 41 heavy (non-hydrogen) atoms. The van der Waals surface area contributed by atoms with Gasteiger partial charge >= 0.3 is 5.97 Å². The fraction of sp³-hybridized carbons (Fsp3) is 0.514. The summed E-state index contributed by atoms with van der Waals surface area (Å²) in [6, 6.07) is 12.0. The molecule has 6 heteroatoms. The number of ketones is 2. The van der Waals surface area contributed by atoms with Gasteiger partial charge in [-0.25, -0.2) is 0 Å². The first-order chi connectivity index (χ1) is 19.3. The zero-order chi connectivity index (χ0) is 29.1. The molecule has 0 saturated heterocycles. The van der Waals surface area contributed by atoms with Crippen molar-refractivity contribution in [1.82, 2.24) is 0 Å². The average Bonchev–Trinajstić information content (AvgIpc) is 2.97. The van der Waals surface area contributed by atoms with Gasteiger partial charge in [-0.2, -0.15) is 0 Å². The first-order valence-corrected chi connectivity index (χ1v) is 14.6. The number of carbonyl (C=O) groups is 3. The second-order valence-corrected chi connectivity index (χ2v) is 10.6. The Morgan fingerprint density at radius 1 is 0.780 bits per heavy atom. The number of rotatable bonds is 16. The van der Waals surface area contributed by atoms with E-state index in [1.807, 2.05) is 50.2 Å². The molecule has 0 aromatic heterocycles. The Bertz CT molecular complexity index is 1270. The van der Waals surface area contributed by atoms with E-state index in [0.29, 0.717) is 36.2 Å². The average molecular weight is 565 g/mol. The van der Waals surface area contributed by atoms with Gasteiger partial charge in [0.05, 0.1) is 26.7 Å². The number of fused-ring (bicyclic) bond motifs is 1. The zero-order valence-electron chi connectivity index (χ0n) is 24.8. The van der Waals surface area contributed by atoms with Crippen LogP contribution in [0.1, 0.15) is 104 Å². The number of esters is 1. The Kier molecular flexibility index (Phi) is 13.8. The standard InChI is InChI=1S/C34H44O6.CH4/c1-6-29-32(36)30(24(3)31(35)33(29)39-5)15-13-11-9-7-8-10-12-14-20-40-34(37)23(2)25-16-17-27-22-28(38-4)19-18-26(27)21-25;/h16-19,21-23H,6-15,20H2,1-5H3;1H4. The van der Waals surface area contributed by atoms with Crippen LogP contribution in [0.5, 0.6) is 5.75 Å². The van der Waals surface area contributed by atoms with E-state index in [-0.39, 0.29) is 36.6 Å². The van der Waals surface area contributed by atoms with Gasteiger partial charge in [-0.1, -0.05) is 77.1 Å². The smallest absolute Gasteiger partial charge is 0.313 e. The maximum Gasteiger partial charge on any atom is 0.313 e. The summed E-state index contributed by atoms with van der Waals surface area (Å²) in [5.41, 5.74) is 2.65. The molecule has 3 rings (SSSR count). The first kappa shape index (κ1) is 33.8. The summed E-state index contributed by atoms with van der Waals surface area (Å²) >= 11 is 0. The summed E-state index contributed by atoms with van der Waals surface area (Å²) in [6.07, 6.45) is 9.52. The largest absolute Gasteiger partial charge is 0.497 e. The van der Waals surface area contributed by atoms with Crippen molar-refractivity contribution in [2.45, 2.75) is 98.3 Å². The monoisotopic (exact) mass is 564 g/mol. The van der Waals surface area contributed by atoms with Crippen LogP contribution >= 0.6 is 0 Å². The van der Waals surface area contributed by atoms with Crippen molar-refractivity contribution in [1.29, 1.82) is 0 Å². The van der Waals surface area contributed by atoms with Crippen LogP contribution in [0.4, 0.5) is 0 Å². The van der Waals surface area contributed by atoms with Crippen LogP contribution in [0, 0.1) is 0 Å². The number of allylic oxidation sites excluding steroid dienone is 3. The molecule has 1 aliphatic carbocycles. The molecule has 2 aromatic carbocycles. The topological polar surface area (TPSA) is 78.9 Å². The Morgan fingerprint density at radius 3 is 2.02 bits per heavy atom. The molecule has 0 aliphatic heterocycles. The van der Waals surface area contributed by atoms with Crippen LogP contribution in [-0.4, -0.2) is 38.4 Å². The number of carbonyl (C=O) groups excluding carboxylic acids is 3. The van der Waals surface area contributed by atoms with Crippen LogP contribution in [0.2, 0.25) is 0 Å². The number of hydrogen-bond donors (Lipinski definition) is 0. The van der Waals surface area contributed by atoms with Gasteiger partial charge in [-0.3, -0.25) is 14.4 Å². The maximum atomic E-state index is 12.8. The van der Waals surface area contributed by atoms with Gasteiger partial charge in [-0.05, 0) is 68.0 Å². The molecule has 1 unspecified atom stereocenters. The summed E-state index contributed by atoms with van der Waals surface area (Å²) in [7, 11) is 3.10. The van der Waals surface area contributed by atoms with E-state index in [4.69, 9.17) is 14.2 Å². The van der Waals surface area contributed by atoms with Gasteiger partial charge in [0.1, 0.15) is 5.75 Å². The molecule has 1 atom stereocenters. The van der Waals surface area contributed by atoms with Gasteiger partial charge in [0, 0.05) is 16.7 Å². The highest BCUT2D eigenvalue weighted by Gasteiger charge is 2.31. The van der Waals surface area contributed by atoms with Crippen molar-refractivity contribution in [3.63, 3.8) is 0 Å². The highest BCUT2D eigenvalue weighted by Crippen LogP contribution is 2.30. The van der Waals surface area contributed by atoms with Crippen LogP contribution in [0.25, 0.3) is 10.8 Å². The van der Waals surface area contributed by atoms with Gasteiger partial charge < -0.3 is 14.2 Å². The molecular weight excluding hydrogens is 516 g/mol. The second kappa shape index (κ2) is 16.8. The van der Waals surface area contributed by atoms with Crippen LogP contribution in [0.15, 0.2) is 58.9 Å². The van der Waals surface area contributed by atoms with Crippen molar-refractivity contribution in [3.05, 3.63) is 64.4 Å². The predicted octanol–water partition coefficient (Wildman–Crippen LogP) is 8.42. The normalized spacial score (nSPS) is 14.3. The quantitative estimate of drug-likeness (QED) is 0.116. The number of methoxy groups -OCH3 is 2. The minimum absolute atomic E-state index is 0. The van der Waals surface area contributed by atoms with E-state index < -0.39 is 0 Å². The van der Waals surface area contributed by atoms with E-state index in [0.717, 1.165) is 73.5 Å². The van der Waals surface area contributed by atoms with Gasteiger partial charge in [0.25, 0.3) is 0 Å². The molecule has 0 N–H and O–H groups in total. The maximum absolute atomic E-state index is 12.8. The van der Waals surface area contributed by atoms with Gasteiger partial charge in [-0.15, -0.1) is 0 Å². The summed E-state index contributed by atoms with van der Waals surface area (Å²) in [6.45, 7) is 5.96. The van der Waals surface area contributed by atoms with Crippen molar-refractivity contribution < 1.29 is 28.6 Å². The van der Waals surface area contributed by atoms with Crippen molar-refractivity contribution in [3.8, 4) is 5.75 Å². The lowest BCUT2D eigenvalue weighted by Gasteiger charge is -2.20. The van der Waals surface area contributed by atoms with Crippen molar-refractivity contribution >= 4 is 28.3 Å². The highest BCUT2D eigenvalue weighted by molar-refractivity contribution is 6.24. The van der Waals surface area contributed by atoms with Crippen LogP contribution < -0.4 is 4.74 Å². The number of Topliss-reactive ketones (excluding diaryl/α,β-unsaturated/α-hetero) is 2.